The summed E-state index contributed by atoms with van der Waals surface area (Å²) in [4.78, 5) is 16.7. The number of nitrogens with one attached hydrogen (secondary N) is 2. The second-order valence-electron chi connectivity index (χ2n) is 4.08. The highest BCUT2D eigenvalue weighted by Crippen LogP contribution is 2.28. The molecule has 1 heterocycles. The summed E-state index contributed by atoms with van der Waals surface area (Å²) in [6.07, 6.45) is 1.73. The molecule has 0 fully saturated rings. The van der Waals surface area contributed by atoms with Crippen LogP contribution in [-0.4, -0.2) is 28.8 Å². The Balaban J connectivity index is 2.00. The fraction of sp³-hybridized carbons (Fsp3) is 0.231. The molecule has 0 aliphatic carbocycles. The van der Waals surface area contributed by atoms with E-state index in [1.807, 2.05) is 30.3 Å². The number of nitrogens with zero attached hydrogens (tertiary/aromatic N) is 1. The van der Waals surface area contributed by atoms with Crippen molar-refractivity contribution in [2.24, 2.45) is 0 Å². The lowest BCUT2D eigenvalue weighted by Gasteiger charge is -2.10. The molecule has 19 heavy (non-hydrogen) atoms. The second kappa shape index (κ2) is 6.31. The van der Waals surface area contributed by atoms with Crippen LogP contribution in [0.5, 0.6) is 0 Å². The highest BCUT2D eigenvalue weighted by atomic mass is 32.1. The molecule has 0 radical (unpaired) electrons. The minimum absolute atomic E-state index is 0.0967. The molecule has 0 saturated carbocycles. The smallest absolute Gasteiger partial charge is 0.321 e. The average molecular weight is 277 g/mol. The van der Waals surface area contributed by atoms with Crippen LogP contribution in [-0.2, 0) is 0 Å². The Hall–Kier alpha value is -1.92. The first kappa shape index (κ1) is 13.5. The van der Waals surface area contributed by atoms with Crippen molar-refractivity contribution < 1.29 is 9.90 Å². The fourth-order valence-electron chi connectivity index (χ4n) is 1.47. The third kappa shape index (κ3) is 3.77. The number of aromatic nitrogens is 1. The molecule has 2 rings (SSSR count). The number of rotatable bonds is 4. The Bertz CT molecular complexity index is 542. The van der Waals surface area contributed by atoms with E-state index in [1.165, 1.54) is 11.3 Å². The van der Waals surface area contributed by atoms with Gasteiger partial charge in [-0.1, -0.05) is 41.7 Å². The Labute approximate surface area is 115 Å². The zero-order chi connectivity index (χ0) is 13.7. The number of carbonyl (C=O) groups excluding carboxylic acids is 1. The van der Waals surface area contributed by atoms with Gasteiger partial charge in [0.2, 0.25) is 0 Å². The molecule has 2 amide bonds. The monoisotopic (exact) mass is 277 g/mol. The predicted octanol–water partition coefficient (Wildman–Crippen LogP) is 2.31. The number of thiazole rings is 1. The van der Waals surface area contributed by atoms with Gasteiger partial charge in [-0.05, 0) is 12.5 Å². The number of hydrogen-bond acceptors (Lipinski definition) is 4. The summed E-state index contributed by atoms with van der Waals surface area (Å²) in [5.41, 5.74) is 1.07. The van der Waals surface area contributed by atoms with Crippen LogP contribution in [0.3, 0.4) is 0 Å². The van der Waals surface area contributed by atoms with E-state index in [1.54, 1.807) is 13.1 Å². The van der Waals surface area contributed by atoms with Crippen molar-refractivity contribution in [2.75, 3.05) is 11.9 Å². The van der Waals surface area contributed by atoms with E-state index in [0.717, 1.165) is 10.4 Å². The maximum atomic E-state index is 11.6. The molecule has 0 unspecified atom stereocenters. The number of aliphatic hydroxyl groups excluding tert-OH is 1. The van der Waals surface area contributed by atoms with E-state index in [0.29, 0.717) is 5.13 Å². The van der Waals surface area contributed by atoms with Gasteiger partial charge in [0.25, 0.3) is 0 Å². The van der Waals surface area contributed by atoms with Gasteiger partial charge in [-0.2, -0.15) is 0 Å². The summed E-state index contributed by atoms with van der Waals surface area (Å²) >= 11 is 1.40. The summed E-state index contributed by atoms with van der Waals surface area (Å²) in [7, 11) is 0. The molecular formula is C13H15N3O2S. The van der Waals surface area contributed by atoms with E-state index in [-0.39, 0.29) is 18.7 Å². The lowest BCUT2D eigenvalue weighted by molar-refractivity contribution is 0.229. The predicted molar refractivity (Wildman–Crippen MR) is 76.3 cm³/mol. The van der Waals surface area contributed by atoms with E-state index in [9.17, 15) is 4.79 Å². The summed E-state index contributed by atoms with van der Waals surface area (Å²) in [5.74, 6) is 0. The summed E-state index contributed by atoms with van der Waals surface area (Å²) in [6, 6.07) is 9.20. The zero-order valence-electron chi connectivity index (χ0n) is 10.5. The molecule has 0 aliphatic heterocycles. The first-order chi connectivity index (χ1) is 9.19. The van der Waals surface area contributed by atoms with Gasteiger partial charge >= 0.3 is 6.03 Å². The van der Waals surface area contributed by atoms with Crippen LogP contribution >= 0.6 is 11.3 Å². The summed E-state index contributed by atoms with van der Waals surface area (Å²) in [6.45, 7) is 1.62. The van der Waals surface area contributed by atoms with Gasteiger partial charge in [-0.25, -0.2) is 9.78 Å². The van der Waals surface area contributed by atoms with Gasteiger partial charge in [0.15, 0.2) is 5.13 Å². The Morgan fingerprint density at radius 1 is 1.42 bits per heavy atom. The number of benzene rings is 1. The van der Waals surface area contributed by atoms with Crippen LogP contribution in [0.4, 0.5) is 9.93 Å². The molecule has 100 valence electrons. The first-order valence-corrected chi connectivity index (χ1v) is 6.70. The van der Waals surface area contributed by atoms with Crippen molar-refractivity contribution in [3.05, 3.63) is 36.5 Å². The SMILES string of the molecule is C[C@H](CO)NC(=O)Nc1ncc(-c2ccccc2)s1. The molecule has 3 N–H and O–H groups in total. The van der Waals surface area contributed by atoms with E-state index in [2.05, 4.69) is 15.6 Å². The van der Waals surface area contributed by atoms with Gasteiger partial charge in [0, 0.05) is 6.20 Å². The van der Waals surface area contributed by atoms with Gasteiger partial charge in [-0.15, -0.1) is 0 Å². The number of aliphatic hydroxyl groups is 1. The van der Waals surface area contributed by atoms with Gasteiger partial charge < -0.3 is 10.4 Å². The average Bonchev–Trinajstić information content (AvgIpc) is 2.88. The Kier molecular flexibility index (Phi) is 4.48. The van der Waals surface area contributed by atoms with Crippen LogP contribution in [0, 0.1) is 0 Å². The normalized spacial score (nSPS) is 11.9. The number of carbonyl (C=O) groups is 1. The number of amides is 2. The van der Waals surface area contributed by atoms with Crippen molar-refractivity contribution in [3.8, 4) is 10.4 Å². The number of anilines is 1. The highest BCUT2D eigenvalue weighted by Gasteiger charge is 2.09. The number of hydrogen-bond donors (Lipinski definition) is 3. The quantitative estimate of drug-likeness (QED) is 0.803. The largest absolute Gasteiger partial charge is 0.394 e. The number of urea groups is 1. The van der Waals surface area contributed by atoms with Gasteiger partial charge in [-0.3, -0.25) is 5.32 Å². The third-order valence-electron chi connectivity index (χ3n) is 2.44. The molecule has 1 atom stereocenters. The zero-order valence-corrected chi connectivity index (χ0v) is 11.3. The Morgan fingerprint density at radius 3 is 2.84 bits per heavy atom. The maximum Gasteiger partial charge on any atom is 0.321 e. The van der Waals surface area contributed by atoms with E-state index in [4.69, 9.17) is 5.11 Å². The van der Waals surface area contributed by atoms with Crippen LogP contribution in [0.2, 0.25) is 0 Å². The molecular weight excluding hydrogens is 262 g/mol. The van der Waals surface area contributed by atoms with Crippen LogP contribution in [0.15, 0.2) is 36.5 Å². The molecule has 0 bridgehead atoms. The fourth-order valence-corrected chi connectivity index (χ4v) is 2.29. The highest BCUT2D eigenvalue weighted by molar-refractivity contribution is 7.19. The van der Waals surface area contributed by atoms with Crippen LogP contribution in [0.25, 0.3) is 10.4 Å². The third-order valence-corrected chi connectivity index (χ3v) is 3.40. The lowest BCUT2D eigenvalue weighted by atomic mass is 10.2. The lowest BCUT2D eigenvalue weighted by Crippen LogP contribution is -2.38. The molecule has 0 spiro atoms. The molecule has 5 nitrogen and oxygen atoms in total. The van der Waals surface area contributed by atoms with Crippen molar-refractivity contribution in [3.63, 3.8) is 0 Å². The maximum absolute atomic E-state index is 11.6. The molecule has 0 aliphatic rings. The van der Waals surface area contributed by atoms with Crippen molar-refractivity contribution in [1.29, 1.82) is 0 Å². The van der Waals surface area contributed by atoms with Crippen LogP contribution in [0.1, 0.15) is 6.92 Å². The van der Waals surface area contributed by atoms with Crippen molar-refractivity contribution >= 4 is 22.5 Å². The molecule has 2 aromatic rings. The Morgan fingerprint density at radius 2 is 2.16 bits per heavy atom. The van der Waals surface area contributed by atoms with Gasteiger partial charge in [0.1, 0.15) is 0 Å². The van der Waals surface area contributed by atoms with Crippen molar-refractivity contribution in [1.82, 2.24) is 10.3 Å². The second-order valence-corrected chi connectivity index (χ2v) is 5.11. The molecule has 6 heteroatoms. The molecule has 1 aromatic carbocycles. The van der Waals surface area contributed by atoms with E-state index >= 15 is 0 Å². The minimum atomic E-state index is -0.365. The topological polar surface area (TPSA) is 74.2 Å². The van der Waals surface area contributed by atoms with E-state index < -0.39 is 0 Å². The van der Waals surface area contributed by atoms with Gasteiger partial charge in [0.05, 0.1) is 17.5 Å². The minimum Gasteiger partial charge on any atom is -0.394 e. The molecule has 1 aromatic heterocycles. The van der Waals surface area contributed by atoms with Crippen molar-refractivity contribution in [2.45, 2.75) is 13.0 Å². The first-order valence-electron chi connectivity index (χ1n) is 5.88. The summed E-state index contributed by atoms with van der Waals surface area (Å²) < 4.78 is 0. The standard InChI is InChI=1S/C13H15N3O2S/c1-9(8-17)15-12(18)16-13-14-7-11(19-13)10-5-3-2-4-6-10/h2-7,9,17H,8H2,1H3,(H2,14,15,16,18)/t9-/m1/s1. The molecule has 0 saturated heterocycles. The van der Waals surface area contributed by atoms with Crippen LogP contribution < -0.4 is 10.6 Å². The summed E-state index contributed by atoms with van der Waals surface area (Å²) in [5, 5.41) is 14.6.